The smallest absolute Gasteiger partial charge is 0.414 e. The van der Waals surface area contributed by atoms with Crippen molar-refractivity contribution in [1.82, 2.24) is 9.88 Å². The van der Waals surface area contributed by atoms with Gasteiger partial charge >= 0.3 is 6.09 Å². The lowest BCUT2D eigenvalue weighted by atomic mass is 10.1. The third-order valence-corrected chi connectivity index (χ3v) is 8.01. The van der Waals surface area contributed by atoms with E-state index in [0.717, 1.165) is 17.6 Å². The van der Waals surface area contributed by atoms with Gasteiger partial charge in [0.05, 0.1) is 16.5 Å². The van der Waals surface area contributed by atoms with Crippen LogP contribution in [0.15, 0.2) is 35.4 Å². The highest BCUT2D eigenvalue weighted by Crippen LogP contribution is 2.44. The molecular weight excluding hydrogens is 468 g/mol. The Bertz CT molecular complexity index is 1280. The van der Waals surface area contributed by atoms with E-state index in [9.17, 15) is 18.0 Å². The first-order valence-electron chi connectivity index (χ1n) is 11.9. The van der Waals surface area contributed by atoms with Crippen LogP contribution in [0.4, 0.5) is 16.3 Å². The maximum Gasteiger partial charge on any atom is 0.414 e. The first-order valence-corrected chi connectivity index (χ1v) is 13.8. The summed E-state index contributed by atoms with van der Waals surface area (Å²) in [6.07, 6.45) is 4.82. The van der Waals surface area contributed by atoms with E-state index < -0.39 is 15.9 Å². The molecule has 1 atom stereocenters. The van der Waals surface area contributed by atoms with Crippen molar-refractivity contribution in [2.75, 3.05) is 48.8 Å². The highest BCUT2D eigenvalue weighted by atomic mass is 32.2. The van der Waals surface area contributed by atoms with Crippen molar-refractivity contribution in [3.05, 3.63) is 47.2 Å². The Morgan fingerprint density at radius 1 is 1.11 bits per heavy atom. The van der Waals surface area contributed by atoms with E-state index in [1.807, 2.05) is 13.1 Å². The molecule has 2 amide bonds. The SMILES string of the molecule is Cc1cnc(N2CCN(C(=O)c3ccc(N4C(=O)OC[C@H]4C)cc3S(C)(=O)=O)CC2)c(C2CC2)c1. The molecule has 10 heteroatoms. The van der Waals surface area contributed by atoms with E-state index in [-0.39, 0.29) is 29.0 Å². The lowest BCUT2D eigenvalue weighted by molar-refractivity contribution is 0.0742. The largest absolute Gasteiger partial charge is 0.447 e. The summed E-state index contributed by atoms with van der Waals surface area (Å²) >= 11 is 0. The molecular formula is C25H30N4O5S. The number of carbonyl (C=O) groups excluding carboxylic acids is 2. The third kappa shape index (κ3) is 4.59. The van der Waals surface area contributed by atoms with Gasteiger partial charge in [-0.05, 0) is 61.9 Å². The van der Waals surface area contributed by atoms with Crippen LogP contribution in [0.5, 0.6) is 0 Å². The molecule has 1 aromatic carbocycles. The predicted molar refractivity (Wildman–Crippen MR) is 132 cm³/mol. The molecule has 0 bridgehead atoms. The van der Waals surface area contributed by atoms with Crippen molar-refractivity contribution in [2.24, 2.45) is 0 Å². The van der Waals surface area contributed by atoms with E-state index in [2.05, 4.69) is 17.9 Å². The molecule has 1 aromatic heterocycles. The van der Waals surface area contributed by atoms with Crippen LogP contribution in [0.2, 0.25) is 0 Å². The Kier molecular flexibility index (Phi) is 5.94. The minimum atomic E-state index is -3.72. The maximum atomic E-state index is 13.4. The summed E-state index contributed by atoms with van der Waals surface area (Å²) in [5.41, 5.74) is 2.96. The number of aromatic nitrogens is 1. The molecule has 3 heterocycles. The van der Waals surface area contributed by atoms with Gasteiger partial charge in [-0.1, -0.05) is 6.07 Å². The molecule has 2 saturated heterocycles. The molecule has 35 heavy (non-hydrogen) atoms. The number of ether oxygens (including phenoxy) is 1. The van der Waals surface area contributed by atoms with Crippen LogP contribution >= 0.6 is 0 Å². The first kappa shape index (κ1) is 23.6. The van der Waals surface area contributed by atoms with E-state index >= 15 is 0 Å². The molecule has 3 aliphatic rings. The van der Waals surface area contributed by atoms with E-state index in [0.29, 0.717) is 37.8 Å². The second-order valence-electron chi connectivity index (χ2n) is 9.73. The molecule has 0 N–H and O–H groups in total. The van der Waals surface area contributed by atoms with Crippen LogP contribution in [0.1, 0.15) is 47.2 Å². The summed E-state index contributed by atoms with van der Waals surface area (Å²) < 4.78 is 30.3. The second kappa shape index (κ2) is 8.82. The van der Waals surface area contributed by atoms with Gasteiger partial charge in [0.25, 0.3) is 5.91 Å². The van der Waals surface area contributed by atoms with Crippen molar-refractivity contribution in [3.8, 4) is 0 Å². The van der Waals surface area contributed by atoms with Gasteiger partial charge in [-0.15, -0.1) is 0 Å². The van der Waals surface area contributed by atoms with Crippen molar-refractivity contribution in [2.45, 2.75) is 43.5 Å². The van der Waals surface area contributed by atoms with Gasteiger partial charge in [0.15, 0.2) is 9.84 Å². The second-order valence-corrected chi connectivity index (χ2v) is 11.7. The number of amides is 2. The number of benzene rings is 1. The zero-order valence-corrected chi connectivity index (χ0v) is 21.0. The zero-order chi connectivity index (χ0) is 24.9. The molecule has 186 valence electrons. The van der Waals surface area contributed by atoms with Gasteiger partial charge in [-0.2, -0.15) is 0 Å². The summed E-state index contributed by atoms with van der Waals surface area (Å²) in [5, 5.41) is 0. The topological polar surface area (TPSA) is 100 Å². The van der Waals surface area contributed by atoms with Crippen molar-refractivity contribution in [3.63, 3.8) is 0 Å². The number of pyridine rings is 1. The number of sulfone groups is 1. The number of aryl methyl sites for hydroxylation is 1. The van der Waals surface area contributed by atoms with E-state index in [4.69, 9.17) is 9.72 Å². The van der Waals surface area contributed by atoms with Crippen molar-refractivity contribution < 1.29 is 22.7 Å². The van der Waals surface area contributed by atoms with E-state index in [1.165, 1.54) is 35.4 Å². The lowest BCUT2D eigenvalue weighted by Crippen LogP contribution is -2.49. The number of hydrogen-bond donors (Lipinski definition) is 0. The summed E-state index contributed by atoms with van der Waals surface area (Å²) in [4.78, 5) is 35.5. The molecule has 2 aromatic rings. The first-order chi connectivity index (χ1) is 16.6. The molecule has 1 saturated carbocycles. The van der Waals surface area contributed by atoms with Gasteiger partial charge in [-0.3, -0.25) is 9.69 Å². The Morgan fingerprint density at radius 2 is 1.83 bits per heavy atom. The fraction of sp³-hybridized carbons (Fsp3) is 0.480. The standard InChI is InChI=1S/C25H30N4O5S/c1-16-12-21(18-4-5-18)23(26-14-16)27-8-10-28(11-9-27)24(30)20-7-6-19(13-22(20)35(3,32)33)29-17(2)15-34-25(29)31/h6-7,12-14,17-18H,4-5,8-11,15H2,1-3H3/t17-/m1/s1. The Balaban J connectivity index is 1.36. The number of nitrogens with zero attached hydrogens (tertiary/aromatic N) is 4. The number of carbonyl (C=O) groups is 2. The number of rotatable bonds is 5. The number of piperazine rings is 1. The van der Waals surface area contributed by atoms with Crippen LogP contribution in [0.25, 0.3) is 0 Å². The molecule has 1 aliphatic carbocycles. The summed E-state index contributed by atoms with van der Waals surface area (Å²) in [6, 6.07) is 6.51. The van der Waals surface area contributed by atoms with Crippen LogP contribution < -0.4 is 9.80 Å². The van der Waals surface area contributed by atoms with Gasteiger partial charge < -0.3 is 14.5 Å². The average molecular weight is 499 g/mol. The predicted octanol–water partition coefficient (Wildman–Crippen LogP) is 2.98. The van der Waals surface area contributed by atoms with Gasteiger partial charge in [0.1, 0.15) is 12.4 Å². The fourth-order valence-corrected chi connectivity index (χ4v) is 5.75. The molecule has 3 fully saturated rings. The van der Waals surface area contributed by atoms with Crippen molar-refractivity contribution >= 4 is 33.3 Å². The molecule has 0 unspecified atom stereocenters. The minimum Gasteiger partial charge on any atom is -0.447 e. The Labute approximate surface area is 205 Å². The number of cyclic esters (lactones) is 1. The Hall–Kier alpha value is -3.14. The zero-order valence-electron chi connectivity index (χ0n) is 20.2. The maximum absolute atomic E-state index is 13.4. The monoisotopic (exact) mass is 498 g/mol. The van der Waals surface area contributed by atoms with Crippen molar-refractivity contribution in [1.29, 1.82) is 0 Å². The number of anilines is 2. The molecule has 0 radical (unpaired) electrons. The summed E-state index contributed by atoms with van der Waals surface area (Å²) in [6.45, 7) is 6.31. The van der Waals surface area contributed by atoms with Gasteiger partial charge in [-0.25, -0.2) is 18.2 Å². The normalized spacial score (nSPS) is 20.8. The molecule has 2 aliphatic heterocycles. The van der Waals surface area contributed by atoms with Crippen LogP contribution in [0.3, 0.4) is 0 Å². The van der Waals surface area contributed by atoms with Gasteiger partial charge in [0, 0.05) is 44.3 Å². The van der Waals surface area contributed by atoms with Crippen LogP contribution in [-0.4, -0.2) is 75.4 Å². The van der Waals surface area contributed by atoms with Gasteiger partial charge in [0.2, 0.25) is 0 Å². The Morgan fingerprint density at radius 3 is 2.43 bits per heavy atom. The molecule has 0 spiro atoms. The minimum absolute atomic E-state index is 0.0782. The lowest BCUT2D eigenvalue weighted by Gasteiger charge is -2.36. The van der Waals surface area contributed by atoms with E-state index in [1.54, 1.807) is 11.0 Å². The summed E-state index contributed by atoms with van der Waals surface area (Å²) in [5.74, 6) is 1.24. The highest BCUT2D eigenvalue weighted by molar-refractivity contribution is 7.90. The van der Waals surface area contributed by atoms with Crippen LogP contribution in [-0.2, 0) is 14.6 Å². The third-order valence-electron chi connectivity index (χ3n) is 6.87. The highest BCUT2D eigenvalue weighted by Gasteiger charge is 2.34. The fourth-order valence-electron chi connectivity index (χ4n) is 4.86. The molecule has 9 nitrogen and oxygen atoms in total. The average Bonchev–Trinajstić information content (AvgIpc) is 3.62. The molecule has 5 rings (SSSR count). The van der Waals surface area contributed by atoms with Crippen LogP contribution in [0, 0.1) is 6.92 Å². The summed E-state index contributed by atoms with van der Waals surface area (Å²) in [7, 11) is -3.72. The quantitative estimate of drug-likeness (QED) is 0.625. The number of hydrogen-bond acceptors (Lipinski definition) is 7.